The normalized spacial score (nSPS) is 15.7. The average molecular weight is 334 g/mol. The van der Waals surface area contributed by atoms with Crippen molar-refractivity contribution in [1.29, 1.82) is 0 Å². The molecule has 0 saturated carbocycles. The fraction of sp³-hybridized carbons (Fsp3) is 0.556. The van der Waals surface area contributed by atoms with Gasteiger partial charge in [-0.15, -0.1) is 11.8 Å². The molecule has 5 heteroatoms. The van der Waals surface area contributed by atoms with Crippen LogP contribution in [-0.4, -0.2) is 53.5 Å². The first-order chi connectivity index (χ1) is 10.8. The van der Waals surface area contributed by atoms with Gasteiger partial charge >= 0.3 is 0 Å². The van der Waals surface area contributed by atoms with Crippen LogP contribution in [-0.2, 0) is 9.59 Å². The Morgan fingerprint density at radius 2 is 1.61 bits per heavy atom. The van der Waals surface area contributed by atoms with Crippen LogP contribution in [0.2, 0.25) is 0 Å². The maximum absolute atomic E-state index is 12.4. The Morgan fingerprint density at radius 3 is 2.17 bits per heavy atom. The molecule has 1 saturated heterocycles. The molecule has 4 nitrogen and oxygen atoms in total. The van der Waals surface area contributed by atoms with Crippen molar-refractivity contribution in [2.24, 2.45) is 5.41 Å². The van der Waals surface area contributed by atoms with Crippen molar-refractivity contribution in [3.8, 4) is 0 Å². The molecule has 0 bridgehead atoms. The minimum atomic E-state index is -0.354. The molecule has 0 atom stereocenters. The minimum Gasteiger partial charge on any atom is -0.339 e. The highest BCUT2D eigenvalue weighted by Gasteiger charge is 2.30. The van der Waals surface area contributed by atoms with Crippen molar-refractivity contribution < 1.29 is 9.59 Å². The SMILES string of the molecule is Cc1ccccc1SCC(=O)N1CCN(C(=O)C(C)(C)C)CC1. The molecule has 0 aliphatic carbocycles. The second-order valence-electron chi connectivity index (χ2n) is 6.98. The Hall–Kier alpha value is -1.49. The lowest BCUT2D eigenvalue weighted by molar-refractivity contribution is -0.144. The van der Waals surface area contributed by atoms with E-state index >= 15 is 0 Å². The van der Waals surface area contributed by atoms with Crippen LogP contribution in [0.5, 0.6) is 0 Å². The number of amides is 2. The third kappa shape index (κ3) is 4.74. The molecule has 2 amide bonds. The van der Waals surface area contributed by atoms with Gasteiger partial charge < -0.3 is 9.80 Å². The van der Waals surface area contributed by atoms with Gasteiger partial charge in [0, 0.05) is 36.5 Å². The number of thioether (sulfide) groups is 1. The Morgan fingerprint density at radius 1 is 1.04 bits per heavy atom. The Bertz CT molecular complexity index is 573. The molecule has 1 aromatic carbocycles. The summed E-state index contributed by atoms with van der Waals surface area (Å²) in [5.41, 5.74) is 0.846. The van der Waals surface area contributed by atoms with Crippen LogP contribution in [0.25, 0.3) is 0 Å². The van der Waals surface area contributed by atoms with Gasteiger partial charge in [0.15, 0.2) is 0 Å². The molecule has 1 aliphatic rings. The Kier molecular flexibility index (Phi) is 5.74. The standard InChI is InChI=1S/C18H26N2O2S/c1-14-7-5-6-8-15(14)23-13-16(21)19-9-11-20(12-10-19)17(22)18(2,3)4/h5-8H,9-13H2,1-4H3. The molecule has 0 N–H and O–H groups in total. The lowest BCUT2D eigenvalue weighted by Crippen LogP contribution is -2.53. The van der Waals surface area contributed by atoms with Crippen molar-refractivity contribution in [3.05, 3.63) is 29.8 Å². The number of aryl methyl sites for hydroxylation is 1. The first-order valence-electron chi connectivity index (χ1n) is 8.04. The third-order valence-electron chi connectivity index (χ3n) is 4.01. The molecule has 0 spiro atoms. The zero-order valence-electron chi connectivity index (χ0n) is 14.5. The average Bonchev–Trinajstić information content (AvgIpc) is 2.52. The highest BCUT2D eigenvalue weighted by Crippen LogP contribution is 2.23. The molecule has 23 heavy (non-hydrogen) atoms. The van der Waals surface area contributed by atoms with Crippen molar-refractivity contribution in [2.45, 2.75) is 32.6 Å². The number of piperazine rings is 1. The molecule has 1 fully saturated rings. The van der Waals surface area contributed by atoms with Crippen LogP contribution in [0.1, 0.15) is 26.3 Å². The van der Waals surface area contributed by atoms with Crippen molar-refractivity contribution in [3.63, 3.8) is 0 Å². The summed E-state index contributed by atoms with van der Waals surface area (Å²) in [6.07, 6.45) is 0. The van der Waals surface area contributed by atoms with E-state index in [1.54, 1.807) is 11.8 Å². The van der Waals surface area contributed by atoms with E-state index < -0.39 is 0 Å². The molecule has 126 valence electrons. The van der Waals surface area contributed by atoms with Gasteiger partial charge in [-0.2, -0.15) is 0 Å². The highest BCUT2D eigenvalue weighted by molar-refractivity contribution is 8.00. The number of nitrogens with zero attached hydrogens (tertiary/aromatic N) is 2. The van der Waals surface area contributed by atoms with Gasteiger partial charge in [-0.05, 0) is 18.6 Å². The Balaban J connectivity index is 1.82. The van der Waals surface area contributed by atoms with E-state index in [-0.39, 0.29) is 17.2 Å². The molecule has 0 unspecified atom stereocenters. The van der Waals surface area contributed by atoms with E-state index in [1.807, 2.05) is 48.8 Å². The maximum Gasteiger partial charge on any atom is 0.233 e. The molecule has 1 aliphatic heterocycles. The molecule has 1 heterocycles. The number of carbonyl (C=O) groups is 2. The largest absolute Gasteiger partial charge is 0.339 e. The summed E-state index contributed by atoms with van der Waals surface area (Å²) in [4.78, 5) is 29.5. The fourth-order valence-corrected chi connectivity index (χ4v) is 3.51. The molecule has 0 radical (unpaired) electrons. The topological polar surface area (TPSA) is 40.6 Å². The lowest BCUT2D eigenvalue weighted by atomic mass is 9.94. The molecule has 1 aromatic rings. The summed E-state index contributed by atoms with van der Waals surface area (Å²) in [5, 5.41) is 0. The van der Waals surface area contributed by atoms with Gasteiger partial charge in [0.05, 0.1) is 5.75 Å². The van der Waals surface area contributed by atoms with Crippen LogP contribution in [0.4, 0.5) is 0 Å². The van der Waals surface area contributed by atoms with E-state index in [0.717, 1.165) is 4.90 Å². The first kappa shape index (κ1) is 17.9. The fourth-order valence-electron chi connectivity index (χ4n) is 2.58. The van der Waals surface area contributed by atoms with Gasteiger partial charge in [-0.3, -0.25) is 9.59 Å². The van der Waals surface area contributed by atoms with E-state index in [2.05, 4.69) is 13.0 Å². The summed E-state index contributed by atoms with van der Waals surface area (Å²) in [7, 11) is 0. The van der Waals surface area contributed by atoms with Gasteiger partial charge in [0.2, 0.25) is 11.8 Å². The van der Waals surface area contributed by atoms with Crippen molar-refractivity contribution in [2.75, 3.05) is 31.9 Å². The summed E-state index contributed by atoms with van der Waals surface area (Å²) >= 11 is 1.59. The summed E-state index contributed by atoms with van der Waals surface area (Å²) in [5.74, 6) is 0.776. The summed E-state index contributed by atoms with van der Waals surface area (Å²) < 4.78 is 0. The smallest absolute Gasteiger partial charge is 0.233 e. The predicted octanol–water partition coefficient (Wildman–Crippen LogP) is 2.80. The zero-order chi connectivity index (χ0) is 17.0. The van der Waals surface area contributed by atoms with Gasteiger partial charge in [-0.1, -0.05) is 39.0 Å². The third-order valence-corrected chi connectivity index (χ3v) is 5.17. The van der Waals surface area contributed by atoms with E-state index in [9.17, 15) is 9.59 Å². The van der Waals surface area contributed by atoms with Crippen LogP contribution >= 0.6 is 11.8 Å². The highest BCUT2D eigenvalue weighted by atomic mass is 32.2. The Labute approximate surface area is 143 Å². The molecular weight excluding hydrogens is 308 g/mol. The van der Waals surface area contributed by atoms with Crippen LogP contribution in [0.3, 0.4) is 0 Å². The monoisotopic (exact) mass is 334 g/mol. The first-order valence-corrected chi connectivity index (χ1v) is 9.03. The molecule has 0 aromatic heterocycles. The van der Waals surface area contributed by atoms with E-state index in [0.29, 0.717) is 31.9 Å². The van der Waals surface area contributed by atoms with E-state index in [1.165, 1.54) is 5.56 Å². The summed E-state index contributed by atoms with van der Waals surface area (Å²) in [6.45, 7) is 10.4. The van der Waals surface area contributed by atoms with Crippen LogP contribution in [0, 0.1) is 12.3 Å². The van der Waals surface area contributed by atoms with Gasteiger partial charge in [0.1, 0.15) is 0 Å². The maximum atomic E-state index is 12.4. The van der Waals surface area contributed by atoms with Crippen molar-refractivity contribution >= 4 is 23.6 Å². The number of carbonyl (C=O) groups excluding carboxylic acids is 2. The predicted molar refractivity (Wildman–Crippen MR) is 94.5 cm³/mol. The van der Waals surface area contributed by atoms with Crippen LogP contribution < -0.4 is 0 Å². The van der Waals surface area contributed by atoms with Crippen LogP contribution in [0.15, 0.2) is 29.2 Å². The van der Waals surface area contributed by atoms with Crippen molar-refractivity contribution in [1.82, 2.24) is 9.80 Å². The number of benzene rings is 1. The second kappa shape index (κ2) is 7.39. The molecular formula is C18H26N2O2S. The number of rotatable bonds is 3. The minimum absolute atomic E-state index is 0.154. The number of hydrogen-bond donors (Lipinski definition) is 0. The summed E-state index contributed by atoms with van der Waals surface area (Å²) in [6, 6.07) is 8.11. The van der Waals surface area contributed by atoms with Gasteiger partial charge in [0.25, 0.3) is 0 Å². The second-order valence-corrected chi connectivity index (χ2v) is 7.99. The molecule has 2 rings (SSSR count). The lowest BCUT2D eigenvalue weighted by Gasteiger charge is -2.37. The zero-order valence-corrected chi connectivity index (χ0v) is 15.3. The van der Waals surface area contributed by atoms with E-state index in [4.69, 9.17) is 0 Å². The quantitative estimate of drug-likeness (QED) is 0.798. The van der Waals surface area contributed by atoms with Gasteiger partial charge in [-0.25, -0.2) is 0 Å². The number of hydrogen-bond acceptors (Lipinski definition) is 3.